The second-order valence-corrected chi connectivity index (χ2v) is 15.9. The first-order valence-electron chi connectivity index (χ1n) is 16.6. The van der Waals surface area contributed by atoms with E-state index in [1.807, 2.05) is 10.8 Å². The van der Waals surface area contributed by atoms with E-state index < -0.39 is 35.4 Å². The van der Waals surface area contributed by atoms with Crippen molar-refractivity contribution in [3.05, 3.63) is 140 Å². The first kappa shape index (κ1) is 38.3. The second kappa shape index (κ2) is 15.4. The maximum absolute atomic E-state index is 13.9. The summed E-state index contributed by atoms with van der Waals surface area (Å²) in [5.74, 6) is -2.06. The number of fused-ring (bicyclic) bond motifs is 2. The number of carbonyl (C=O) groups excluding carboxylic acids is 2. The van der Waals surface area contributed by atoms with E-state index >= 15 is 0 Å². The number of ether oxygens (including phenoxy) is 3. The number of esters is 2. The zero-order valence-corrected chi connectivity index (χ0v) is 31.9. The van der Waals surface area contributed by atoms with Crippen LogP contribution in [0.3, 0.4) is 0 Å². The average Bonchev–Trinajstić information content (AvgIpc) is 4.02. The highest BCUT2D eigenvalue weighted by molar-refractivity contribution is 7.23. The number of hydrogen-bond acceptors (Lipinski definition) is 11. The van der Waals surface area contributed by atoms with Crippen molar-refractivity contribution >= 4 is 77.5 Å². The SMILES string of the molecule is O=C(OC(=O)c1ccc2sc(-c3cscn3)cc2c1OCc1ccc(C(F)(F)F)cc1)c1ccc2sc(-c3cscn3)cc2c1OCc1ccc(C(F)(F)F)cc1. The van der Waals surface area contributed by atoms with Gasteiger partial charge in [-0.3, -0.25) is 0 Å². The number of carbonyl (C=O) groups is 2. The molecular formula is C40H22F6N2O5S4. The van der Waals surface area contributed by atoms with Gasteiger partial charge in [0.2, 0.25) is 0 Å². The molecule has 0 aliphatic heterocycles. The summed E-state index contributed by atoms with van der Waals surface area (Å²) in [6, 6.07) is 18.5. The van der Waals surface area contributed by atoms with E-state index in [2.05, 4.69) is 9.97 Å². The van der Waals surface area contributed by atoms with Crippen molar-refractivity contribution in [3.63, 3.8) is 0 Å². The molecule has 0 amide bonds. The van der Waals surface area contributed by atoms with E-state index in [-0.39, 0.29) is 35.8 Å². The molecule has 0 N–H and O–H groups in total. The summed E-state index contributed by atoms with van der Waals surface area (Å²) < 4.78 is 98.4. The number of aromatic nitrogens is 2. The number of thiazole rings is 2. The van der Waals surface area contributed by atoms with Gasteiger partial charge < -0.3 is 14.2 Å². The Labute approximate surface area is 334 Å². The maximum Gasteiger partial charge on any atom is 0.416 e. The van der Waals surface area contributed by atoms with E-state index in [9.17, 15) is 35.9 Å². The summed E-state index contributed by atoms with van der Waals surface area (Å²) in [5, 5.41) is 4.68. The summed E-state index contributed by atoms with van der Waals surface area (Å²) in [6.45, 7) is -0.434. The quantitative estimate of drug-likeness (QED) is 0.0769. The fourth-order valence-electron chi connectivity index (χ4n) is 5.81. The molecule has 288 valence electrons. The van der Waals surface area contributed by atoms with Gasteiger partial charge in [-0.15, -0.1) is 45.3 Å². The Morgan fingerprint density at radius 2 is 0.965 bits per heavy atom. The summed E-state index contributed by atoms with van der Waals surface area (Å²) in [4.78, 5) is 38.1. The van der Waals surface area contributed by atoms with Crippen LogP contribution in [-0.2, 0) is 30.3 Å². The van der Waals surface area contributed by atoms with Crippen molar-refractivity contribution in [2.24, 2.45) is 0 Å². The highest BCUT2D eigenvalue weighted by atomic mass is 32.1. The van der Waals surface area contributed by atoms with Crippen molar-refractivity contribution in [2.75, 3.05) is 0 Å². The lowest BCUT2D eigenvalue weighted by Crippen LogP contribution is -2.15. The molecule has 17 heteroatoms. The van der Waals surface area contributed by atoms with Gasteiger partial charge in [-0.2, -0.15) is 26.3 Å². The summed E-state index contributed by atoms with van der Waals surface area (Å²) >= 11 is 5.56. The van der Waals surface area contributed by atoms with Crippen LogP contribution in [0.1, 0.15) is 43.0 Å². The minimum Gasteiger partial charge on any atom is -0.487 e. The van der Waals surface area contributed by atoms with E-state index in [0.717, 1.165) is 34.0 Å². The Morgan fingerprint density at radius 1 is 0.561 bits per heavy atom. The first-order chi connectivity index (χ1) is 27.3. The molecule has 4 aromatic carbocycles. The van der Waals surface area contributed by atoms with E-state index in [1.54, 1.807) is 35.3 Å². The third-order valence-corrected chi connectivity index (χ3v) is 12.0. The number of halogens is 6. The fourth-order valence-corrected chi connectivity index (χ4v) is 9.12. The van der Waals surface area contributed by atoms with Crippen molar-refractivity contribution < 1.29 is 50.1 Å². The van der Waals surface area contributed by atoms with Crippen molar-refractivity contribution in [1.82, 2.24) is 9.97 Å². The van der Waals surface area contributed by atoms with E-state index in [0.29, 0.717) is 42.7 Å². The van der Waals surface area contributed by atoms with Crippen LogP contribution in [0.4, 0.5) is 26.3 Å². The number of alkyl halides is 6. The third-order valence-electron chi connectivity index (χ3n) is 8.63. The van der Waals surface area contributed by atoms with Crippen LogP contribution in [0.25, 0.3) is 41.3 Å². The molecular weight excluding hydrogens is 831 g/mol. The minimum atomic E-state index is -4.53. The maximum atomic E-state index is 13.9. The molecule has 0 spiro atoms. The Kier molecular flexibility index (Phi) is 10.3. The molecule has 0 aliphatic carbocycles. The predicted molar refractivity (Wildman–Crippen MR) is 207 cm³/mol. The molecule has 8 aromatic rings. The van der Waals surface area contributed by atoms with Gasteiger partial charge in [0.25, 0.3) is 0 Å². The fraction of sp³-hybridized carbons (Fsp3) is 0.100. The zero-order chi connectivity index (χ0) is 39.9. The van der Waals surface area contributed by atoms with Crippen molar-refractivity contribution in [2.45, 2.75) is 25.6 Å². The van der Waals surface area contributed by atoms with Crippen LogP contribution in [0.5, 0.6) is 11.5 Å². The normalized spacial score (nSPS) is 12.0. The molecule has 0 bridgehead atoms. The van der Waals surface area contributed by atoms with Crippen LogP contribution >= 0.6 is 45.3 Å². The Hall–Kier alpha value is -5.62. The second-order valence-electron chi connectivity index (χ2n) is 12.3. The monoisotopic (exact) mass is 852 g/mol. The zero-order valence-electron chi connectivity index (χ0n) is 28.6. The average molecular weight is 853 g/mol. The van der Waals surface area contributed by atoms with Gasteiger partial charge in [0.1, 0.15) is 35.8 Å². The third kappa shape index (κ3) is 8.14. The molecule has 0 atom stereocenters. The first-order valence-corrected chi connectivity index (χ1v) is 20.1. The number of benzene rings is 4. The van der Waals surface area contributed by atoms with Gasteiger partial charge in [-0.25, -0.2) is 19.6 Å². The molecule has 57 heavy (non-hydrogen) atoms. The molecule has 7 nitrogen and oxygen atoms in total. The molecule has 0 saturated carbocycles. The van der Waals surface area contributed by atoms with Crippen LogP contribution in [-0.4, -0.2) is 21.9 Å². The smallest absolute Gasteiger partial charge is 0.416 e. The Bertz CT molecular complexity index is 2540. The molecule has 0 saturated heterocycles. The van der Waals surface area contributed by atoms with Gasteiger partial charge in [0, 0.05) is 30.9 Å². The molecule has 0 aliphatic rings. The minimum absolute atomic E-state index is 0.0443. The summed E-state index contributed by atoms with van der Waals surface area (Å²) in [6.07, 6.45) is -9.05. The highest BCUT2D eigenvalue weighted by Gasteiger charge is 2.31. The summed E-state index contributed by atoms with van der Waals surface area (Å²) in [5.41, 5.74) is 3.60. The molecule has 0 unspecified atom stereocenters. The number of nitrogens with zero attached hydrogens (tertiary/aromatic N) is 2. The lowest BCUT2D eigenvalue weighted by atomic mass is 10.1. The van der Waals surface area contributed by atoms with Crippen LogP contribution in [0.2, 0.25) is 0 Å². The molecule has 0 radical (unpaired) electrons. The standard InChI is InChI=1S/C40H22F6N2O5S4/c41-39(42,43)23-5-1-21(2-6-23)15-51-35-25(9-11-31-27(35)13-33(56-31)29-17-54-19-47-29)37(49)53-38(50)26-10-12-32-28(14-34(57-32)30-18-55-20-48-30)36(26)52-16-22-3-7-24(8-4-22)40(44,45)46/h1-14,17-20H,15-16H2. The Morgan fingerprint density at radius 3 is 1.32 bits per heavy atom. The van der Waals surface area contributed by atoms with Crippen LogP contribution in [0.15, 0.2) is 107 Å². The van der Waals surface area contributed by atoms with Crippen LogP contribution < -0.4 is 9.47 Å². The highest BCUT2D eigenvalue weighted by Crippen LogP contribution is 2.43. The van der Waals surface area contributed by atoms with Crippen molar-refractivity contribution in [3.8, 4) is 32.6 Å². The van der Waals surface area contributed by atoms with Gasteiger partial charge >= 0.3 is 24.3 Å². The van der Waals surface area contributed by atoms with E-state index in [1.165, 1.54) is 81.7 Å². The molecule has 8 rings (SSSR count). The van der Waals surface area contributed by atoms with Gasteiger partial charge in [-0.05, 0) is 71.8 Å². The molecule has 4 heterocycles. The summed E-state index contributed by atoms with van der Waals surface area (Å²) in [7, 11) is 0. The predicted octanol–water partition coefficient (Wildman–Crippen LogP) is 12.6. The largest absolute Gasteiger partial charge is 0.487 e. The number of rotatable bonds is 10. The lowest BCUT2D eigenvalue weighted by Gasteiger charge is -2.15. The van der Waals surface area contributed by atoms with E-state index in [4.69, 9.17) is 14.2 Å². The van der Waals surface area contributed by atoms with Crippen LogP contribution in [0, 0.1) is 0 Å². The number of thiophene rings is 2. The topological polar surface area (TPSA) is 87.6 Å². The molecule has 4 aromatic heterocycles. The van der Waals surface area contributed by atoms with Gasteiger partial charge in [0.15, 0.2) is 0 Å². The van der Waals surface area contributed by atoms with Crippen molar-refractivity contribution in [1.29, 1.82) is 0 Å². The molecule has 0 fully saturated rings. The van der Waals surface area contributed by atoms with Gasteiger partial charge in [-0.1, -0.05) is 24.3 Å². The lowest BCUT2D eigenvalue weighted by molar-refractivity contribution is -0.138. The Balaban J connectivity index is 1.12. The van der Waals surface area contributed by atoms with Gasteiger partial charge in [0.05, 0.1) is 43.3 Å². The number of hydrogen-bond donors (Lipinski definition) is 0.